The highest BCUT2D eigenvalue weighted by Gasteiger charge is 2.23. The third kappa shape index (κ3) is 3.46. The summed E-state index contributed by atoms with van der Waals surface area (Å²) in [6.07, 6.45) is 0. The SMILES string of the molecule is CC(C)(CNC(=O)c1ccc(Br)cc1F)c1cccs1. The van der Waals surface area contributed by atoms with Gasteiger partial charge in [0.05, 0.1) is 5.56 Å². The first-order valence-electron chi connectivity index (χ1n) is 6.17. The summed E-state index contributed by atoms with van der Waals surface area (Å²) in [7, 11) is 0. The van der Waals surface area contributed by atoms with E-state index in [1.54, 1.807) is 17.4 Å². The zero-order chi connectivity index (χ0) is 14.8. The van der Waals surface area contributed by atoms with Crippen molar-refractivity contribution in [2.45, 2.75) is 19.3 Å². The van der Waals surface area contributed by atoms with E-state index >= 15 is 0 Å². The van der Waals surface area contributed by atoms with Crippen LogP contribution in [0.5, 0.6) is 0 Å². The molecule has 1 N–H and O–H groups in total. The molecule has 0 aliphatic heterocycles. The highest BCUT2D eigenvalue weighted by Crippen LogP contribution is 2.26. The molecule has 1 aromatic heterocycles. The molecule has 1 heterocycles. The average Bonchev–Trinajstić information content (AvgIpc) is 2.90. The number of nitrogens with one attached hydrogen (secondary N) is 1. The maximum absolute atomic E-state index is 13.7. The molecule has 1 aromatic carbocycles. The lowest BCUT2D eigenvalue weighted by molar-refractivity contribution is 0.0942. The Morgan fingerprint density at radius 3 is 2.75 bits per heavy atom. The molecule has 0 radical (unpaired) electrons. The smallest absolute Gasteiger partial charge is 0.254 e. The quantitative estimate of drug-likeness (QED) is 0.867. The molecule has 0 unspecified atom stereocenters. The molecule has 106 valence electrons. The summed E-state index contributed by atoms with van der Waals surface area (Å²) in [6, 6.07) is 8.45. The number of hydrogen-bond donors (Lipinski definition) is 1. The van der Waals surface area contributed by atoms with Gasteiger partial charge in [-0.2, -0.15) is 0 Å². The van der Waals surface area contributed by atoms with Gasteiger partial charge in [0.2, 0.25) is 0 Å². The fourth-order valence-corrected chi connectivity index (χ4v) is 3.01. The van der Waals surface area contributed by atoms with E-state index in [4.69, 9.17) is 0 Å². The summed E-state index contributed by atoms with van der Waals surface area (Å²) < 4.78 is 14.3. The summed E-state index contributed by atoms with van der Waals surface area (Å²) in [5.74, 6) is -0.912. The second-order valence-electron chi connectivity index (χ2n) is 5.17. The van der Waals surface area contributed by atoms with Gasteiger partial charge in [-0.3, -0.25) is 4.79 Å². The van der Waals surface area contributed by atoms with E-state index in [1.807, 2.05) is 17.5 Å². The molecule has 20 heavy (non-hydrogen) atoms. The number of benzene rings is 1. The summed E-state index contributed by atoms with van der Waals surface area (Å²) in [6.45, 7) is 4.57. The Hall–Kier alpha value is -1.20. The minimum Gasteiger partial charge on any atom is -0.351 e. The Kier molecular flexibility index (Phi) is 4.60. The number of thiophene rings is 1. The van der Waals surface area contributed by atoms with Crippen LogP contribution in [0.4, 0.5) is 4.39 Å². The predicted octanol–water partition coefficient (Wildman–Crippen LogP) is 4.36. The molecule has 0 spiro atoms. The van der Waals surface area contributed by atoms with Crippen LogP contribution < -0.4 is 5.32 Å². The van der Waals surface area contributed by atoms with Crippen LogP contribution in [0, 0.1) is 5.82 Å². The highest BCUT2D eigenvalue weighted by atomic mass is 79.9. The molecule has 2 aromatic rings. The molecule has 1 amide bonds. The third-order valence-corrected chi connectivity index (χ3v) is 4.78. The van der Waals surface area contributed by atoms with Crippen molar-refractivity contribution in [2.24, 2.45) is 0 Å². The lowest BCUT2D eigenvalue weighted by Gasteiger charge is -2.23. The summed E-state index contributed by atoms with van der Waals surface area (Å²) in [4.78, 5) is 13.2. The first-order valence-corrected chi connectivity index (χ1v) is 7.85. The monoisotopic (exact) mass is 355 g/mol. The number of rotatable bonds is 4. The lowest BCUT2D eigenvalue weighted by Crippen LogP contribution is -2.36. The molecule has 0 fully saturated rings. The Morgan fingerprint density at radius 1 is 1.40 bits per heavy atom. The zero-order valence-corrected chi connectivity index (χ0v) is 13.6. The van der Waals surface area contributed by atoms with Crippen molar-refractivity contribution in [1.82, 2.24) is 5.32 Å². The van der Waals surface area contributed by atoms with Crippen LogP contribution >= 0.6 is 27.3 Å². The maximum Gasteiger partial charge on any atom is 0.254 e. The van der Waals surface area contributed by atoms with Crippen LogP contribution in [0.2, 0.25) is 0 Å². The van der Waals surface area contributed by atoms with Crippen molar-refractivity contribution >= 4 is 33.2 Å². The van der Waals surface area contributed by atoms with Gasteiger partial charge in [-0.25, -0.2) is 4.39 Å². The van der Waals surface area contributed by atoms with Crippen molar-refractivity contribution in [3.8, 4) is 0 Å². The number of hydrogen-bond acceptors (Lipinski definition) is 2. The summed E-state index contributed by atoms with van der Waals surface area (Å²) >= 11 is 4.82. The highest BCUT2D eigenvalue weighted by molar-refractivity contribution is 9.10. The van der Waals surface area contributed by atoms with Gasteiger partial charge in [-0.1, -0.05) is 35.8 Å². The van der Waals surface area contributed by atoms with Gasteiger partial charge in [0.15, 0.2) is 0 Å². The van der Waals surface area contributed by atoms with E-state index in [0.29, 0.717) is 11.0 Å². The second kappa shape index (κ2) is 6.06. The van der Waals surface area contributed by atoms with Gasteiger partial charge < -0.3 is 5.32 Å². The molecule has 0 saturated carbocycles. The van der Waals surface area contributed by atoms with Crippen molar-refractivity contribution < 1.29 is 9.18 Å². The first-order chi connectivity index (χ1) is 9.40. The van der Waals surface area contributed by atoms with Crippen LogP contribution in [0.1, 0.15) is 29.1 Å². The number of carbonyl (C=O) groups excluding carboxylic acids is 1. The van der Waals surface area contributed by atoms with E-state index in [9.17, 15) is 9.18 Å². The van der Waals surface area contributed by atoms with Crippen LogP contribution in [-0.2, 0) is 5.41 Å². The van der Waals surface area contributed by atoms with Crippen LogP contribution in [-0.4, -0.2) is 12.5 Å². The van der Waals surface area contributed by atoms with Crippen LogP contribution in [0.25, 0.3) is 0 Å². The van der Waals surface area contributed by atoms with E-state index in [1.165, 1.54) is 17.0 Å². The minimum absolute atomic E-state index is 0.0650. The van der Waals surface area contributed by atoms with Gasteiger partial charge in [0, 0.05) is 21.3 Å². The number of halogens is 2. The normalized spacial score (nSPS) is 11.4. The topological polar surface area (TPSA) is 29.1 Å². The largest absolute Gasteiger partial charge is 0.351 e. The minimum atomic E-state index is -0.522. The standard InChI is InChI=1S/C15H15BrFNOS/c1-15(2,13-4-3-7-20-13)9-18-14(19)11-6-5-10(16)8-12(11)17/h3-8H,9H2,1-2H3,(H,18,19). The Morgan fingerprint density at radius 2 is 2.15 bits per heavy atom. The Labute approximate surface area is 130 Å². The first kappa shape index (κ1) is 15.2. The van der Waals surface area contributed by atoms with Crippen LogP contribution in [0.3, 0.4) is 0 Å². The zero-order valence-electron chi connectivity index (χ0n) is 11.2. The van der Waals surface area contributed by atoms with E-state index in [0.717, 1.165) is 0 Å². The summed E-state index contributed by atoms with van der Waals surface area (Å²) in [5.41, 5.74) is -0.106. The van der Waals surface area contributed by atoms with Crippen LogP contribution in [0.15, 0.2) is 40.2 Å². The fraction of sp³-hybridized carbons (Fsp3) is 0.267. The van der Waals surface area contributed by atoms with Crippen molar-refractivity contribution in [2.75, 3.05) is 6.54 Å². The molecule has 5 heteroatoms. The maximum atomic E-state index is 13.7. The van der Waals surface area contributed by atoms with Crippen molar-refractivity contribution in [3.63, 3.8) is 0 Å². The van der Waals surface area contributed by atoms with Gasteiger partial charge in [-0.05, 0) is 29.6 Å². The molecule has 0 saturated heterocycles. The lowest BCUT2D eigenvalue weighted by atomic mass is 9.91. The van der Waals surface area contributed by atoms with Gasteiger partial charge in [-0.15, -0.1) is 11.3 Å². The molecule has 0 aliphatic carbocycles. The molecule has 2 nitrogen and oxygen atoms in total. The number of amides is 1. The van der Waals surface area contributed by atoms with E-state index in [2.05, 4.69) is 35.1 Å². The van der Waals surface area contributed by atoms with E-state index < -0.39 is 5.82 Å². The molecule has 2 rings (SSSR count). The van der Waals surface area contributed by atoms with Crippen molar-refractivity contribution in [1.29, 1.82) is 0 Å². The average molecular weight is 356 g/mol. The Balaban J connectivity index is 2.05. The third-order valence-electron chi connectivity index (χ3n) is 3.05. The Bertz CT molecular complexity index is 610. The van der Waals surface area contributed by atoms with E-state index in [-0.39, 0.29) is 16.9 Å². The molecular formula is C15H15BrFNOS. The second-order valence-corrected chi connectivity index (χ2v) is 7.03. The van der Waals surface area contributed by atoms with Gasteiger partial charge in [0.1, 0.15) is 5.82 Å². The van der Waals surface area contributed by atoms with Crippen molar-refractivity contribution in [3.05, 3.63) is 56.4 Å². The molecule has 0 bridgehead atoms. The fourth-order valence-electron chi connectivity index (χ4n) is 1.82. The molecule has 0 atom stereocenters. The predicted molar refractivity (Wildman–Crippen MR) is 83.8 cm³/mol. The summed E-state index contributed by atoms with van der Waals surface area (Å²) in [5, 5.41) is 4.81. The van der Waals surface area contributed by atoms with Gasteiger partial charge in [0.25, 0.3) is 5.91 Å². The van der Waals surface area contributed by atoms with Gasteiger partial charge >= 0.3 is 0 Å². The molecule has 0 aliphatic rings. The number of carbonyl (C=O) groups is 1. The molecular weight excluding hydrogens is 341 g/mol.